The van der Waals surface area contributed by atoms with Gasteiger partial charge in [-0.3, -0.25) is 4.90 Å². The Kier molecular flexibility index (Phi) is 3.46. The number of benzene rings is 1. The van der Waals surface area contributed by atoms with E-state index in [4.69, 9.17) is 10.2 Å². The summed E-state index contributed by atoms with van der Waals surface area (Å²) in [5, 5.41) is 10.1. The molecule has 0 bridgehead atoms. The zero-order valence-electron chi connectivity index (χ0n) is 11.2. The number of likely N-dealkylation sites (tertiary alicyclic amines) is 1. The monoisotopic (exact) mass is 274 g/mol. The van der Waals surface area contributed by atoms with Gasteiger partial charge in [-0.15, -0.1) is 0 Å². The molecule has 0 spiro atoms. The van der Waals surface area contributed by atoms with Crippen molar-refractivity contribution in [3.05, 3.63) is 35.6 Å². The number of carbonyl (C=O) groups is 1. The minimum Gasteiger partial charge on any atom is -0.478 e. The summed E-state index contributed by atoms with van der Waals surface area (Å²) in [6, 6.07) is 7.53. The van der Waals surface area contributed by atoms with E-state index in [2.05, 4.69) is 4.90 Å². The van der Waals surface area contributed by atoms with Crippen molar-refractivity contribution in [1.29, 1.82) is 0 Å². The molecule has 0 aliphatic carbocycles. The van der Waals surface area contributed by atoms with Crippen LogP contribution in [0.3, 0.4) is 0 Å². The van der Waals surface area contributed by atoms with Crippen molar-refractivity contribution in [3.63, 3.8) is 0 Å². The Morgan fingerprint density at radius 2 is 2.05 bits per heavy atom. The van der Waals surface area contributed by atoms with E-state index in [0.29, 0.717) is 23.3 Å². The average Bonchev–Trinajstić information content (AvgIpc) is 2.79. The third kappa shape index (κ3) is 2.42. The van der Waals surface area contributed by atoms with Crippen LogP contribution in [0.1, 0.15) is 29.0 Å². The maximum absolute atomic E-state index is 11.5. The largest absolute Gasteiger partial charge is 0.478 e. The second-order valence-corrected chi connectivity index (χ2v) is 5.32. The van der Waals surface area contributed by atoms with Gasteiger partial charge in [-0.05, 0) is 18.9 Å². The third-order valence-corrected chi connectivity index (χ3v) is 3.88. The summed E-state index contributed by atoms with van der Waals surface area (Å²) in [6.07, 6.45) is 1.89. The number of para-hydroxylation sites is 1. The number of carboxylic acid groups (broad SMARTS) is 1. The van der Waals surface area contributed by atoms with Gasteiger partial charge in [-0.25, -0.2) is 4.79 Å². The lowest BCUT2D eigenvalue weighted by Crippen LogP contribution is -2.39. The fourth-order valence-corrected chi connectivity index (χ4v) is 2.76. The summed E-state index contributed by atoms with van der Waals surface area (Å²) in [5.41, 5.74) is 6.81. The first-order valence-corrected chi connectivity index (χ1v) is 6.87. The first-order chi connectivity index (χ1) is 9.65. The second kappa shape index (κ2) is 5.26. The molecule has 0 atom stereocenters. The van der Waals surface area contributed by atoms with Crippen molar-refractivity contribution >= 4 is 16.9 Å². The van der Waals surface area contributed by atoms with E-state index in [1.807, 2.05) is 12.1 Å². The first kappa shape index (κ1) is 13.1. The minimum absolute atomic E-state index is 0.265. The molecule has 1 aliphatic rings. The summed E-state index contributed by atoms with van der Waals surface area (Å²) >= 11 is 0. The van der Waals surface area contributed by atoms with Crippen molar-refractivity contribution in [3.8, 4) is 0 Å². The molecule has 0 radical (unpaired) electrons. The van der Waals surface area contributed by atoms with Gasteiger partial charge in [-0.1, -0.05) is 18.2 Å². The van der Waals surface area contributed by atoms with E-state index in [1.165, 1.54) is 0 Å². The normalized spacial score (nSPS) is 17.6. The minimum atomic E-state index is -0.932. The molecule has 3 rings (SSSR count). The van der Waals surface area contributed by atoms with E-state index >= 15 is 0 Å². The molecule has 0 saturated carbocycles. The summed E-state index contributed by atoms with van der Waals surface area (Å²) in [7, 11) is 0. The van der Waals surface area contributed by atoms with E-state index in [-0.39, 0.29) is 11.6 Å². The van der Waals surface area contributed by atoms with Gasteiger partial charge in [0.05, 0.1) is 6.54 Å². The van der Waals surface area contributed by atoms with E-state index in [0.717, 1.165) is 25.9 Å². The molecule has 0 amide bonds. The number of aromatic carboxylic acids is 1. The van der Waals surface area contributed by atoms with E-state index in [9.17, 15) is 9.90 Å². The Morgan fingerprint density at radius 1 is 1.35 bits per heavy atom. The van der Waals surface area contributed by atoms with Gasteiger partial charge in [0.15, 0.2) is 0 Å². The topological polar surface area (TPSA) is 79.7 Å². The summed E-state index contributed by atoms with van der Waals surface area (Å²) in [5.74, 6) is -0.396. The standard InChI is InChI=1S/C15H18N2O3/c16-10-5-7-17(8-6-10)9-13-14(15(18)19)11-3-1-2-4-12(11)20-13/h1-4,10H,5-9,16H2,(H,18,19). The Morgan fingerprint density at radius 3 is 2.75 bits per heavy atom. The number of carboxylic acids is 1. The molecule has 106 valence electrons. The van der Waals surface area contributed by atoms with Gasteiger partial charge in [0, 0.05) is 24.5 Å². The molecule has 2 aromatic rings. The van der Waals surface area contributed by atoms with Gasteiger partial charge in [0.25, 0.3) is 0 Å². The van der Waals surface area contributed by atoms with Gasteiger partial charge >= 0.3 is 5.97 Å². The zero-order valence-corrected chi connectivity index (χ0v) is 11.2. The van der Waals surface area contributed by atoms with Crippen molar-refractivity contribution in [2.24, 2.45) is 5.73 Å². The zero-order chi connectivity index (χ0) is 14.1. The number of piperidine rings is 1. The number of furan rings is 1. The lowest BCUT2D eigenvalue weighted by atomic mass is 10.1. The van der Waals surface area contributed by atoms with Gasteiger partial charge in [0.1, 0.15) is 16.9 Å². The predicted molar refractivity (Wildman–Crippen MR) is 75.7 cm³/mol. The van der Waals surface area contributed by atoms with Crippen LogP contribution in [0.15, 0.2) is 28.7 Å². The molecule has 2 heterocycles. The van der Waals surface area contributed by atoms with Crippen LogP contribution in [-0.2, 0) is 6.54 Å². The molecule has 5 heteroatoms. The number of rotatable bonds is 3. The van der Waals surface area contributed by atoms with Crippen LogP contribution < -0.4 is 5.73 Å². The first-order valence-electron chi connectivity index (χ1n) is 6.87. The molecule has 5 nitrogen and oxygen atoms in total. The van der Waals surface area contributed by atoms with Crippen LogP contribution in [0.25, 0.3) is 11.0 Å². The van der Waals surface area contributed by atoms with Crippen molar-refractivity contribution in [2.75, 3.05) is 13.1 Å². The maximum Gasteiger partial charge on any atom is 0.339 e. The quantitative estimate of drug-likeness (QED) is 0.895. The Hall–Kier alpha value is -1.85. The molecule has 1 aromatic heterocycles. The number of nitrogens with zero attached hydrogens (tertiary/aromatic N) is 1. The number of fused-ring (bicyclic) bond motifs is 1. The molecular weight excluding hydrogens is 256 g/mol. The number of hydrogen-bond donors (Lipinski definition) is 2. The smallest absolute Gasteiger partial charge is 0.339 e. The van der Waals surface area contributed by atoms with E-state index < -0.39 is 5.97 Å². The Balaban J connectivity index is 1.90. The van der Waals surface area contributed by atoms with Crippen molar-refractivity contribution in [1.82, 2.24) is 4.90 Å². The average molecular weight is 274 g/mol. The SMILES string of the molecule is NC1CCN(Cc2oc3ccccc3c2C(=O)O)CC1. The molecule has 20 heavy (non-hydrogen) atoms. The molecule has 0 unspecified atom stereocenters. The van der Waals surface area contributed by atoms with Gasteiger partial charge < -0.3 is 15.3 Å². The van der Waals surface area contributed by atoms with Crippen LogP contribution in [-0.4, -0.2) is 35.1 Å². The van der Waals surface area contributed by atoms with Crippen LogP contribution in [0.2, 0.25) is 0 Å². The second-order valence-electron chi connectivity index (χ2n) is 5.32. The molecule has 1 aliphatic heterocycles. The molecule has 1 fully saturated rings. The van der Waals surface area contributed by atoms with Crippen LogP contribution in [0.5, 0.6) is 0 Å². The lowest BCUT2D eigenvalue weighted by Gasteiger charge is -2.29. The highest BCUT2D eigenvalue weighted by Crippen LogP contribution is 2.27. The van der Waals surface area contributed by atoms with Gasteiger partial charge in [-0.2, -0.15) is 0 Å². The highest BCUT2D eigenvalue weighted by atomic mass is 16.4. The summed E-state index contributed by atoms with van der Waals surface area (Å²) < 4.78 is 5.74. The number of hydrogen-bond acceptors (Lipinski definition) is 4. The van der Waals surface area contributed by atoms with Crippen molar-refractivity contribution in [2.45, 2.75) is 25.4 Å². The van der Waals surface area contributed by atoms with Crippen LogP contribution >= 0.6 is 0 Å². The summed E-state index contributed by atoms with van der Waals surface area (Å²) in [4.78, 5) is 13.7. The van der Waals surface area contributed by atoms with E-state index in [1.54, 1.807) is 12.1 Å². The molecule has 1 saturated heterocycles. The third-order valence-electron chi connectivity index (χ3n) is 3.88. The predicted octanol–water partition coefficient (Wildman–Crippen LogP) is 2.05. The van der Waals surface area contributed by atoms with Gasteiger partial charge in [0.2, 0.25) is 0 Å². The lowest BCUT2D eigenvalue weighted by molar-refractivity contribution is 0.0693. The molecule has 1 aromatic carbocycles. The Bertz CT molecular complexity index is 627. The fraction of sp³-hybridized carbons (Fsp3) is 0.400. The summed E-state index contributed by atoms with van der Waals surface area (Å²) in [6.45, 7) is 2.30. The van der Waals surface area contributed by atoms with Crippen molar-refractivity contribution < 1.29 is 14.3 Å². The highest BCUT2D eigenvalue weighted by molar-refractivity contribution is 6.03. The molecular formula is C15H18N2O3. The maximum atomic E-state index is 11.5. The highest BCUT2D eigenvalue weighted by Gasteiger charge is 2.23. The van der Waals surface area contributed by atoms with Crippen LogP contribution in [0, 0.1) is 0 Å². The molecule has 3 N–H and O–H groups in total. The van der Waals surface area contributed by atoms with Crippen LogP contribution in [0.4, 0.5) is 0 Å². The number of nitrogens with two attached hydrogens (primary N) is 1. The Labute approximate surface area is 117 Å². The fourth-order valence-electron chi connectivity index (χ4n) is 2.76.